The molecule has 0 fully saturated rings. The zero-order valence-electron chi connectivity index (χ0n) is 9.14. The van der Waals surface area contributed by atoms with Crippen LogP contribution in [0.5, 0.6) is 0 Å². The summed E-state index contributed by atoms with van der Waals surface area (Å²) in [6.45, 7) is 4.15. The Balaban J connectivity index is 2.80. The molecule has 0 aromatic heterocycles. The number of halogens is 2. The van der Waals surface area contributed by atoms with Gasteiger partial charge in [-0.25, -0.2) is 0 Å². The lowest BCUT2D eigenvalue weighted by molar-refractivity contribution is -0.120. The maximum Gasteiger partial charge on any atom is 0.250 e. The second kappa shape index (κ2) is 6.09. The summed E-state index contributed by atoms with van der Waals surface area (Å²) in [5, 5.41) is 3.50. The molecule has 0 aliphatic heterocycles. The van der Waals surface area contributed by atoms with Gasteiger partial charge in [-0.1, -0.05) is 29.3 Å². The van der Waals surface area contributed by atoms with Crippen molar-refractivity contribution in [3.05, 3.63) is 27.7 Å². The first-order valence-corrected chi connectivity index (χ1v) is 5.64. The summed E-state index contributed by atoms with van der Waals surface area (Å²) < 4.78 is 4.98. The molecule has 3 nitrogen and oxygen atoms in total. The first-order chi connectivity index (χ1) is 7.56. The second-order valence-electron chi connectivity index (χ2n) is 3.24. The molecule has 0 heterocycles. The molecule has 1 aromatic rings. The number of aryl methyl sites for hydroxylation is 1. The van der Waals surface area contributed by atoms with E-state index in [0.29, 0.717) is 22.3 Å². The highest BCUT2D eigenvalue weighted by Gasteiger charge is 2.11. The van der Waals surface area contributed by atoms with E-state index in [9.17, 15) is 4.79 Å². The predicted molar refractivity (Wildman–Crippen MR) is 66.3 cm³/mol. The lowest BCUT2D eigenvalue weighted by Crippen LogP contribution is -2.18. The van der Waals surface area contributed by atoms with Crippen molar-refractivity contribution in [1.82, 2.24) is 0 Å². The Morgan fingerprint density at radius 3 is 2.75 bits per heavy atom. The molecule has 0 unspecified atom stereocenters. The smallest absolute Gasteiger partial charge is 0.250 e. The van der Waals surface area contributed by atoms with Crippen molar-refractivity contribution in [2.45, 2.75) is 13.8 Å². The third kappa shape index (κ3) is 3.37. The van der Waals surface area contributed by atoms with Crippen molar-refractivity contribution in [3.8, 4) is 0 Å². The van der Waals surface area contributed by atoms with E-state index in [1.165, 1.54) is 0 Å². The van der Waals surface area contributed by atoms with Crippen molar-refractivity contribution >= 4 is 34.8 Å². The lowest BCUT2D eigenvalue weighted by atomic mass is 10.2. The van der Waals surface area contributed by atoms with E-state index in [2.05, 4.69) is 5.32 Å². The molecule has 0 saturated heterocycles. The van der Waals surface area contributed by atoms with E-state index in [4.69, 9.17) is 27.9 Å². The number of hydrogen-bond donors (Lipinski definition) is 1. The zero-order chi connectivity index (χ0) is 12.1. The summed E-state index contributed by atoms with van der Waals surface area (Å²) in [5.74, 6) is -0.267. The van der Waals surface area contributed by atoms with E-state index in [0.717, 1.165) is 5.56 Å². The summed E-state index contributed by atoms with van der Waals surface area (Å²) in [6, 6.07) is 3.49. The third-order valence-corrected chi connectivity index (χ3v) is 2.79. The normalized spacial score (nSPS) is 10.2. The maximum absolute atomic E-state index is 11.4. The van der Waals surface area contributed by atoms with E-state index in [1.54, 1.807) is 12.1 Å². The molecule has 0 atom stereocenters. The Hall–Kier alpha value is -0.770. The molecule has 16 heavy (non-hydrogen) atoms. The van der Waals surface area contributed by atoms with Gasteiger partial charge in [0, 0.05) is 6.61 Å². The van der Waals surface area contributed by atoms with E-state index in [1.807, 2.05) is 13.8 Å². The molecule has 0 saturated carbocycles. The highest BCUT2D eigenvalue weighted by atomic mass is 35.5. The van der Waals surface area contributed by atoms with Crippen LogP contribution in [0, 0.1) is 6.92 Å². The van der Waals surface area contributed by atoms with Gasteiger partial charge in [-0.3, -0.25) is 4.79 Å². The SMILES string of the molecule is CCOCC(=O)Nc1c(Cl)ccc(C)c1Cl. The Labute approximate surface area is 105 Å². The topological polar surface area (TPSA) is 38.3 Å². The predicted octanol–water partition coefficient (Wildman–Crippen LogP) is 3.28. The van der Waals surface area contributed by atoms with E-state index < -0.39 is 0 Å². The van der Waals surface area contributed by atoms with Gasteiger partial charge in [0.25, 0.3) is 0 Å². The number of amides is 1. The first kappa shape index (κ1) is 13.3. The minimum absolute atomic E-state index is 0.00288. The number of nitrogens with one attached hydrogen (secondary N) is 1. The molecular weight excluding hydrogens is 249 g/mol. The van der Waals surface area contributed by atoms with Crippen LogP contribution in [0.1, 0.15) is 12.5 Å². The van der Waals surface area contributed by atoms with Gasteiger partial charge in [0.05, 0.1) is 15.7 Å². The van der Waals surface area contributed by atoms with E-state index >= 15 is 0 Å². The van der Waals surface area contributed by atoms with Crippen molar-refractivity contribution in [3.63, 3.8) is 0 Å². The average molecular weight is 262 g/mol. The summed E-state index contributed by atoms with van der Waals surface area (Å²) in [4.78, 5) is 11.4. The van der Waals surface area contributed by atoms with Crippen LogP contribution in [0.2, 0.25) is 10.0 Å². The van der Waals surface area contributed by atoms with Gasteiger partial charge in [-0.05, 0) is 25.5 Å². The third-order valence-electron chi connectivity index (χ3n) is 1.99. The number of rotatable bonds is 4. The van der Waals surface area contributed by atoms with Crippen LogP contribution in [-0.4, -0.2) is 19.1 Å². The van der Waals surface area contributed by atoms with Gasteiger partial charge >= 0.3 is 0 Å². The van der Waals surface area contributed by atoms with Gasteiger partial charge in [0.2, 0.25) is 5.91 Å². The highest BCUT2D eigenvalue weighted by molar-refractivity contribution is 6.40. The van der Waals surface area contributed by atoms with Gasteiger partial charge < -0.3 is 10.1 Å². The van der Waals surface area contributed by atoms with Gasteiger partial charge in [-0.2, -0.15) is 0 Å². The number of benzene rings is 1. The van der Waals surface area contributed by atoms with Crippen LogP contribution >= 0.6 is 23.2 Å². The number of anilines is 1. The molecule has 5 heteroatoms. The summed E-state index contributed by atoms with van der Waals surface area (Å²) >= 11 is 12.0. The zero-order valence-corrected chi connectivity index (χ0v) is 10.7. The number of carbonyl (C=O) groups excluding carboxylic acids is 1. The van der Waals surface area contributed by atoms with Crippen molar-refractivity contribution in [2.75, 3.05) is 18.5 Å². The highest BCUT2D eigenvalue weighted by Crippen LogP contribution is 2.32. The minimum atomic E-state index is -0.267. The van der Waals surface area contributed by atoms with Crippen LogP contribution < -0.4 is 5.32 Å². The van der Waals surface area contributed by atoms with E-state index in [-0.39, 0.29) is 12.5 Å². The van der Waals surface area contributed by atoms with Crippen LogP contribution in [0.3, 0.4) is 0 Å². The minimum Gasteiger partial charge on any atom is -0.372 e. The quantitative estimate of drug-likeness (QED) is 0.904. The summed E-state index contributed by atoms with van der Waals surface area (Å²) in [5.41, 5.74) is 1.30. The van der Waals surface area contributed by atoms with Crippen molar-refractivity contribution in [2.24, 2.45) is 0 Å². The van der Waals surface area contributed by atoms with Gasteiger partial charge in [-0.15, -0.1) is 0 Å². The maximum atomic E-state index is 11.4. The fourth-order valence-electron chi connectivity index (χ4n) is 1.14. The lowest BCUT2D eigenvalue weighted by Gasteiger charge is -2.10. The number of ether oxygens (including phenoxy) is 1. The molecule has 1 amide bonds. The molecule has 0 bridgehead atoms. The summed E-state index contributed by atoms with van der Waals surface area (Å²) in [7, 11) is 0. The monoisotopic (exact) mass is 261 g/mol. The van der Waals surface area contributed by atoms with Crippen LogP contribution in [0.15, 0.2) is 12.1 Å². The second-order valence-corrected chi connectivity index (χ2v) is 4.02. The Bertz CT molecular complexity index is 394. The van der Waals surface area contributed by atoms with Crippen LogP contribution in [0.25, 0.3) is 0 Å². The molecule has 1 rings (SSSR count). The van der Waals surface area contributed by atoms with Crippen LogP contribution in [0.4, 0.5) is 5.69 Å². The molecule has 0 aliphatic rings. The Morgan fingerprint density at radius 1 is 1.44 bits per heavy atom. The molecular formula is C11H13Cl2NO2. The molecule has 0 radical (unpaired) electrons. The number of carbonyl (C=O) groups is 1. The fourth-order valence-corrected chi connectivity index (χ4v) is 1.61. The molecule has 1 N–H and O–H groups in total. The molecule has 0 spiro atoms. The molecule has 88 valence electrons. The standard InChI is InChI=1S/C11H13Cl2NO2/c1-3-16-6-9(15)14-11-8(12)5-4-7(2)10(11)13/h4-5H,3,6H2,1-2H3,(H,14,15). The largest absolute Gasteiger partial charge is 0.372 e. The van der Waals surface area contributed by atoms with Gasteiger partial charge in [0.15, 0.2) is 0 Å². The average Bonchev–Trinajstić information content (AvgIpc) is 2.27. The van der Waals surface area contributed by atoms with Crippen LogP contribution in [-0.2, 0) is 9.53 Å². The fraction of sp³-hybridized carbons (Fsp3) is 0.364. The Morgan fingerprint density at radius 2 is 2.12 bits per heavy atom. The summed E-state index contributed by atoms with van der Waals surface area (Å²) in [6.07, 6.45) is 0. The molecule has 0 aliphatic carbocycles. The Kier molecular flexibility index (Phi) is 5.06. The first-order valence-electron chi connectivity index (χ1n) is 4.88. The van der Waals surface area contributed by atoms with Crippen molar-refractivity contribution in [1.29, 1.82) is 0 Å². The van der Waals surface area contributed by atoms with Gasteiger partial charge in [0.1, 0.15) is 6.61 Å². The van der Waals surface area contributed by atoms with Crippen molar-refractivity contribution < 1.29 is 9.53 Å². The number of hydrogen-bond acceptors (Lipinski definition) is 2. The molecule has 1 aromatic carbocycles.